The lowest BCUT2D eigenvalue weighted by molar-refractivity contribution is -0.137. The molecule has 0 aliphatic rings. The summed E-state index contributed by atoms with van der Waals surface area (Å²) in [6.45, 7) is 4.02. The van der Waals surface area contributed by atoms with Crippen molar-refractivity contribution >= 4 is 44.8 Å². The maximum atomic E-state index is 13.0. The number of nitrogens with zero attached hydrogens (tertiary/aromatic N) is 3. The highest BCUT2D eigenvalue weighted by molar-refractivity contribution is 8.00. The van der Waals surface area contributed by atoms with Crippen LogP contribution in [0.1, 0.15) is 22.5 Å². The van der Waals surface area contributed by atoms with E-state index in [0.29, 0.717) is 9.47 Å². The zero-order chi connectivity index (χ0) is 22.2. The molecular formula is C20H16F3N5OS2. The summed E-state index contributed by atoms with van der Waals surface area (Å²) < 4.78 is 39.5. The summed E-state index contributed by atoms with van der Waals surface area (Å²) >= 11 is 2.62. The van der Waals surface area contributed by atoms with E-state index in [1.807, 2.05) is 26.0 Å². The van der Waals surface area contributed by atoms with Gasteiger partial charge in [0.05, 0.1) is 22.2 Å². The van der Waals surface area contributed by atoms with Gasteiger partial charge in [-0.25, -0.2) is 4.98 Å². The first-order chi connectivity index (χ1) is 14.7. The van der Waals surface area contributed by atoms with Crippen LogP contribution in [0.3, 0.4) is 0 Å². The SMILES string of the molecule is Cc1ccc(Nc2nnc(SCc3nc4cc(C(F)(F)F)ccc4c(=O)[nH]3)s2)c(C)c1. The number of nitrogens with one attached hydrogen (secondary N) is 2. The van der Waals surface area contributed by atoms with Crippen molar-refractivity contribution in [2.75, 3.05) is 5.32 Å². The molecule has 0 aliphatic heterocycles. The molecule has 160 valence electrons. The average Bonchev–Trinajstić information content (AvgIpc) is 3.15. The predicted octanol–water partition coefficient (Wildman–Crippen LogP) is 5.45. The number of H-pyrrole nitrogens is 1. The van der Waals surface area contributed by atoms with E-state index in [1.54, 1.807) is 0 Å². The van der Waals surface area contributed by atoms with E-state index in [-0.39, 0.29) is 22.5 Å². The fourth-order valence-electron chi connectivity index (χ4n) is 2.95. The third-order valence-electron chi connectivity index (χ3n) is 4.45. The van der Waals surface area contributed by atoms with Gasteiger partial charge < -0.3 is 10.3 Å². The molecule has 0 radical (unpaired) electrons. The molecule has 11 heteroatoms. The fourth-order valence-corrected chi connectivity index (χ4v) is 4.58. The number of hydrogen-bond acceptors (Lipinski definition) is 7. The Morgan fingerprint density at radius 1 is 1.13 bits per heavy atom. The Hall–Kier alpha value is -2.92. The Kier molecular flexibility index (Phi) is 5.71. The molecule has 4 aromatic rings. The number of aromatic amines is 1. The van der Waals surface area contributed by atoms with Crippen molar-refractivity contribution in [1.82, 2.24) is 20.2 Å². The third kappa shape index (κ3) is 4.88. The molecule has 2 aromatic carbocycles. The second kappa shape index (κ2) is 8.31. The van der Waals surface area contributed by atoms with E-state index in [1.165, 1.54) is 23.1 Å². The van der Waals surface area contributed by atoms with Gasteiger partial charge in [-0.3, -0.25) is 4.79 Å². The Balaban J connectivity index is 1.49. The highest BCUT2D eigenvalue weighted by Gasteiger charge is 2.30. The lowest BCUT2D eigenvalue weighted by Crippen LogP contribution is -2.13. The normalized spacial score (nSPS) is 11.8. The van der Waals surface area contributed by atoms with E-state index >= 15 is 0 Å². The number of benzene rings is 2. The minimum atomic E-state index is -4.50. The van der Waals surface area contributed by atoms with Crippen LogP contribution >= 0.6 is 23.1 Å². The standard InChI is InChI=1S/C20H16F3N5OS2/c1-10-3-6-14(11(2)7-10)25-18-27-28-19(31-18)30-9-16-24-15-8-12(20(21,22)23)4-5-13(15)17(29)26-16/h3-8H,9H2,1-2H3,(H,25,27)(H,24,26,29). The minimum Gasteiger partial charge on any atom is -0.330 e. The van der Waals surface area contributed by atoms with Gasteiger partial charge in [0.25, 0.3) is 5.56 Å². The van der Waals surface area contributed by atoms with Crippen molar-refractivity contribution < 1.29 is 13.2 Å². The Labute approximate surface area is 183 Å². The molecule has 2 heterocycles. The van der Waals surface area contributed by atoms with Gasteiger partial charge in [-0.05, 0) is 43.7 Å². The molecule has 0 atom stereocenters. The lowest BCUT2D eigenvalue weighted by atomic mass is 10.1. The second-order valence-corrected chi connectivity index (χ2v) is 9.05. The summed E-state index contributed by atoms with van der Waals surface area (Å²) in [7, 11) is 0. The van der Waals surface area contributed by atoms with E-state index < -0.39 is 17.3 Å². The fraction of sp³-hybridized carbons (Fsp3) is 0.200. The van der Waals surface area contributed by atoms with Gasteiger partial charge in [0, 0.05) is 5.69 Å². The lowest BCUT2D eigenvalue weighted by Gasteiger charge is -2.08. The monoisotopic (exact) mass is 463 g/mol. The van der Waals surface area contributed by atoms with Gasteiger partial charge in [0.1, 0.15) is 5.82 Å². The number of fused-ring (bicyclic) bond motifs is 1. The molecule has 0 bridgehead atoms. The quantitative estimate of drug-likeness (QED) is 0.383. The van der Waals surface area contributed by atoms with E-state index in [2.05, 4.69) is 31.5 Å². The molecule has 0 saturated carbocycles. The third-order valence-corrected chi connectivity index (χ3v) is 6.43. The molecule has 4 rings (SSSR count). The summed E-state index contributed by atoms with van der Waals surface area (Å²) in [5.74, 6) is 0.500. The van der Waals surface area contributed by atoms with Gasteiger partial charge in [-0.15, -0.1) is 10.2 Å². The number of anilines is 2. The number of hydrogen-bond donors (Lipinski definition) is 2. The van der Waals surface area contributed by atoms with Gasteiger partial charge in [0.15, 0.2) is 4.34 Å². The Morgan fingerprint density at radius 3 is 2.68 bits per heavy atom. The van der Waals surface area contributed by atoms with Crippen LogP contribution in [0.4, 0.5) is 24.0 Å². The summed E-state index contributed by atoms with van der Waals surface area (Å²) in [5, 5.41) is 12.2. The van der Waals surface area contributed by atoms with Gasteiger partial charge in [-0.1, -0.05) is 40.8 Å². The van der Waals surface area contributed by atoms with Crippen LogP contribution in [0.5, 0.6) is 0 Å². The molecule has 31 heavy (non-hydrogen) atoms. The van der Waals surface area contributed by atoms with Crippen molar-refractivity contribution in [3.8, 4) is 0 Å². The number of rotatable bonds is 5. The van der Waals surface area contributed by atoms with Crippen LogP contribution in [-0.2, 0) is 11.9 Å². The van der Waals surface area contributed by atoms with Gasteiger partial charge in [-0.2, -0.15) is 13.2 Å². The Bertz CT molecular complexity index is 1320. The second-order valence-electron chi connectivity index (χ2n) is 6.85. The summed E-state index contributed by atoms with van der Waals surface area (Å²) in [5.41, 5.74) is 1.85. The molecule has 0 aliphatic carbocycles. The number of halogens is 3. The molecule has 0 spiro atoms. The number of aromatic nitrogens is 4. The van der Waals surface area contributed by atoms with Crippen molar-refractivity contribution in [2.45, 2.75) is 30.1 Å². The Morgan fingerprint density at radius 2 is 1.94 bits per heavy atom. The molecule has 0 unspecified atom stereocenters. The van der Waals surface area contributed by atoms with Crippen LogP contribution in [0.2, 0.25) is 0 Å². The van der Waals surface area contributed by atoms with E-state index in [9.17, 15) is 18.0 Å². The zero-order valence-corrected chi connectivity index (χ0v) is 18.0. The van der Waals surface area contributed by atoms with Crippen molar-refractivity contribution in [3.63, 3.8) is 0 Å². The van der Waals surface area contributed by atoms with Crippen LogP contribution in [-0.4, -0.2) is 20.2 Å². The van der Waals surface area contributed by atoms with Crippen molar-refractivity contribution in [1.29, 1.82) is 0 Å². The molecule has 0 amide bonds. The highest BCUT2D eigenvalue weighted by atomic mass is 32.2. The van der Waals surface area contributed by atoms with Crippen molar-refractivity contribution in [2.24, 2.45) is 0 Å². The van der Waals surface area contributed by atoms with Gasteiger partial charge in [0.2, 0.25) is 5.13 Å². The smallest absolute Gasteiger partial charge is 0.330 e. The number of alkyl halides is 3. The van der Waals surface area contributed by atoms with Crippen LogP contribution in [0.25, 0.3) is 10.9 Å². The van der Waals surface area contributed by atoms with Crippen LogP contribution in [0.15, 0.2) is 45.5 Å². The minimum absolute atomic E-state index is 0.00337. The topological polar surface area (TPSA) is 83.6 Å². The summed E-state index contributed by atoms with van der Waals surface area (Å²) in [6.07, 6.45) is -4.50. The highest BCUT2D eigenvalue weighted by Crippen LogP contribution is 2.32. The van der Waals surface area contributed by atoms with E-state index in [0.717, 1.165) is 35.0 Å². The number of aryl methyl sites for hydroxylation is 2. The average molecular weight is 464 g/mol. The predicted molar refractivity (Wildman–Crippen MR) is 116 cm³/mol. The summed E-state index contributed by atoms with van der Waals surface area (Å²) in [4.78, 5) is 19.0. The maximum absolute atomic E-state index is 13.0. The molecule has 6 nitrogen and oxygen atoms in total. The summed E-state index contributed by atoms with van der Waals surface area (Å²) in [6, 6.07) is 8.92. The molecule has 2 N–H and O–H groups in total. The molecular weight excluding hydrogens is 447 g/mol. The van der Waals surface area contributed by atoms with Crippen LogP contribution < -0.4 is 10.9 Å². The first-order valence-corrected chi connectivity index (χ1v) is 10.9. The number of thioether (sulfide) groups is 1. The largest absolute Gasteiger partial charge is 0.416 e. The molecule has 2 aromatic heterocycles. The first-order valence-electron chi connectivity index (χ1n) is 9.10. The van der Waals surface area contributed by atoms with Crippen molar-refractivity contribution in [3.05, 3.63) is 69.3 Å². The van der Waals surface area contributed by atoms with E-state index in [4.69, 9.17) is 0 Å². The zero-order valence-electron chi connectivity index (χ0n) is 16.4. The molecule has 0 fully saturated rings. The van der Waals surface area contributed by atoms with Gasteiger partial charge >= 0.3 is 6.18 Å². The first kappa shape index (κ1) is 21.3. The molecule has 0 saturated heterocycles. The maximum Gasteiger partial charge on any atom is 0.416 e. The van der Waals surface area contributed by atoms with Crippen LogP contribution in [0, 0.1) is 13.8 Å².